The number of carbonyl (C=O) groups excluding carboxylic acids is 2. The minimum atomic E-state index is -0.283. The summed E-state index contributed by atoms with van der Waals surface area (Å²) in [6.45, 7) is 2.02. The third kappa shape index (κ3) is 6.14. The Hall–Kier alpha value is -3.74. The van der Waals surface area contributed by atoms with Gasteiger partial charge in [-0.2, -0.15) is 0 Å². The van der Waals surface area contributed by atoms with Crippen molar-refractivity contribution in [2.75, 3.05) is 22.5 Å². The summed E-state index contributed by atoms with van der Waals surface area (Å²) in [4.78, 5) is 27.9. The van der Waals surface area contributed by atoms with E-state index in [1.165, 1.54) is 19.1 Å². The molecule has 2 aromatic carbocycles. The first-order valence-corrected chi connectivity index (χ1v) is 9.13. The number of anilines is 3. The number of hydrogen-bond donors (Lipinski definition) is 3. The highest BCUT2D eigenvalue weighted by Crippen LogP contribution is 2.17. The quantitative estimate of drug-likeness (QED) is 0.566. The van der Waals surface area contributed by atoms with Crippen LogP contribution in [-0.2, 0) is 11.2 Å². The molecule has 0 saturated heterocycles. The largest absolute Gasteiger partial charge is 0.370 e. The van der Waals surface area contributed by atoms with Gasteiger partial charge in [-0.05, 0) is 54.4 Å². The van der Waals surface area contributed by atoms with Crippen molar-refractivity contribution in [2.45, 2.75) is 13.3 Å². The third-order valence-electron chi connectivity index (χ3n) is 4.10. The van der Waals surface area contributed by atoms with E-state index >= 15 is 0 Å². The Labute approximate surface area is 168 Å². The van der Waals surface area contributed by atoms with Crippen LogP contribution in [0.25, 0.3) is 0 Å². The van der Waals surface area contributed by atoms with Crippen LogP contribution in [0.3, 0.4) is 0 Å². The SMILES string of the molecule is CC(=O)Nc1cccc(NC(=O)c2ccnc(NCCc3ccc(F)cc3)c2)c1. The monoisotopic (exact) mass is 392 g/mol. The Morgan fingerprint density at radius 1 is 0.966 bits per heavy atom. The van der Waals surface area contributed by atoms with Gasteiger partial charge in [0.05, 0.1) is 0 Å². The summed E-state index contributed by atoms with van der Waals surface area (Å²) in [5.74, 6) is -0.149. The van der Waals surface area contributed by atoms with Gasteiger partial charge in [0.1, 0.15) is 11.6 Å². The molecular formula is C22H21FN4O2. The summed E-state index contributed by atoms with van der Waals surface area (Å²) in [6, 6.07) is 16.5. The van der Waals surface area contributed by atoms with Crippen LogP contribution in [0.1, 0.15) is 22.8 Å². The zero-order valence-electron chi connectivity index (χ0n) is 15.9. The first-order valence-electron chi connectivity index (χ1n) is 9.13. The number of carbonyl (C=O) groups is 2. The molecule has 1 aromatic heterocycles. The number of nitrogens with zero attached hydrogens (tertiary/aromatic N) is 1. The lowest BCUT2D eigenvalue weighted by Gasteiger charge is -2.10. The number of rotatable bonds is 7. The number of hydrogen-bond acceptors (Lipinski definition) is 4. The van der Waals surface area contributed by atoms with Crippen LogP contribution in [0, 0.1) is 5.82 Å². The van der Waals surface area contributed by atoms with Gasteiger partial charge in [0.15, 0.2) is 0 Å². The molecule has 0 spiro atoms. The second-order valence-corrected chi connectivity index (χ2v) is 6.45. The van der Waals surface area contributed by atoms with Gasteiger partial charge in [0, 0.05) is 36.6 Å². The van der Waals surface area contributed by atoms with E-state index in [0.717, 1.165) is 5.56 Å². The smallest absolute Gasteiger partial charge is 0.255 e. The number of amides is 2. The average molecular weight is 392 g/mol. The van der Waals surface area contributed by atoms with Crippen molar-refractivity contribution in [3.63, 3.8) is 0 Å². The van der Waals surface area contributed by atoms with Gasteiger partial charge in [-0.3, -0.25) is 9.59 Å². The topological polar surface area (TPSA) is 83.1 Å². The van der Waals surface area contributed by atoms with Crippen molar-refractivity contribution in [1.82, 2.24) is 4.98 Å². The van der Waals surface area contributed by atoms with Crippen LogP contribution in [0.15, 0.2) is 66.9 Å². The lowest BCUT2D eigenvalue weighted by molar-refractivity contribution is -0.114. The van der Waals surface area contributed by atoms with E-state index in [1.807, 2.05) is 0 Å². The fraction of sp³-hybridized carbons (Fsp3) is 0.136. The molecule has 2 amide bonds. The van der Waals surface area contributed by atoms with Crippen molar-refractivity contribution in [3.8, 4) is 0 Å². The number of nitrogens with one attached hydrogen (secondary N) is 3. The number of halogens is 1. The Balaban J connectivity index is 1.59. The van der Waals surface area contributed by atoms with E-state index in [2.05, 4.69) is 20.9 Å². The maximum atomic E-state index is 12.9. The predicted molar refractivity (Wildman–Crippen MR) is 112 cm³/mol. The molecule has 0 unspecified atom stereocenters. The van der Waals surface area contributed by atoms with Gasteiger partial charge in [-0.15, -0.1) is 0 Å². The van der Waals surface area contributed by atoms with Crippen LogP contribution in [0.4, 0.5) is 21.6 Å². The standard InChI is InChI=1S/C22H21FN4O2/c1-15(28)26-19-3-2-4-20(14-19)27-22(29)17-10-12-25-21(13-17)24-11-9-16-5-7-18(23)8-6-16/h2-8,10,12-14H,9,11H2,1H3,(H,24,25)(H,26,28)(H,27,29). The third-order valence-corrected chi connectivity index (χ3v) is 4.10. The molecule has 3 N–H and O–H groups in total. The van der Waals surface area contributed by atoms with Gasteiger partial charge in [0.25, 0.3) is 5.91 Å². The molecule has 6 nitrogen and oxygen atoms in total. The summed E-state index contributed by atoms with van der Waals surface area (Å²) < 4.78 is 12.9. The number of benzene rings is 2. The molecule has 0 saturated carbocycles. The molecule has 1 heterocycles. The molecule has 0 bridgehead atoms. The Morgan fingerprint density at radius 2 is 1.69 bits per heavy atom. The number of aromatic nitrogens is 1. The highest BCUT2D eigenvalue weighted by atomic mass is 19.1. The van der Waals surface area contributed by atoms with E-state index in [-0.39, 0.29) is 17.6 Å². The fourth-order valence-electron chi connectivity index (χ4n) is 2.74. The summed E-state index contributed by atoms with van der Waals surface area (Å²) in [5, 5.41) is 8.65. The second kappa shape index (κ2) is 9.45. The zero-order chi connectivity index (χ0) is 20.6. The summed E-state index contributed by atoms with van der Waals surface area (Å²) >= 11 is 0. The normalized spacial score (nSPS) is 10.3. The van der Waals surface area contributed by atoms with Gasteiger partial charge < -0.3 is 16.0 Å². The lowest BCUT2D eigenvalue weighted by Crippen LogP contribution is -2.14. The molecule has 0 atom stereocenters. The van der Waals surface area contributed by atoms with Crippen LogP contribution < -0.4 is 16.0 Å². The van der Waals surface area contributed by atoms with Crippen LogP contribution in [0.2, 0.25) is 0 Å². The van der Waals surface area contributed by atoms with Gasteiger partial charge in [-0.1, -0.05) is 18.2 Å². The summed E-state index contributed by atoms with van der Waals surface area (Å²) in [5.41, 5.74) is 2.64. The number of pyridine rings is 1. The molecule has 3 rings (SSSR count). The second-order valence-electron chi connectivity index (χ2n) is 6.45. The summed E-state index contributed by atoms with van der Waals surface area (Å²) in [6.07, 6.45) is 2.26. The Kier molecular flexibility index (Phi) is 6.52. The first-order chi connectivity index (χ1) is 14.0. The molecule has 0 radical (unpaired) electrons. The van der Waals surface area contributed by atoms with Crippen molar-refractivity contribution in [2.24, 2.45) is 0 Å². The maximum Gasteiger partial charge on any atom is 0.255 e. The predicted octanol–water partition coefficient (Wildman–Crippen LogP) is 4.09. The molecule has 0 aliphatic carbocycles. The van der Waals surface area contributed by atoms with E-state index in [9.17, 15) is 14.0 Å². The van der Waals surface area contributed by atoms with Crippen molar-refractivity contribution < 1.29 is 14.0 Å². The van der Waals surface area contributed by atoms with E-state index in [4.69, 9.17) is 0 Å². The van der Waals surface area contributed by atoms with Crippen LogP contribution >= 0.6 is 0 Å². The minimum Gasteiger partial charge on any atom is -0.370 e. The molecule has 29 heavy (non-hydrogen) atoms. The molecule has 148 valence electrons. The van der Waals surface area contributed by atoms with E-state index in [1.54, 1.807) is 54.7 Å². The van der Waals surface area contributed by atoms with Gasteiger partial charge in [-0.25, -0.2) is 9.37 Å². The zero-order valence-corrected chi connectivity index (χ0v) is 15.9. The highest BCUT2D eigenvalue weighted by molar-refractivity contribution is 6.05. The summed E-state index contributed by atoms with van der Waals surface area (Å²) in [7, 11) is 0. The highest BCUT2D eigenvalue weighted by Gasteiger charge is 2.08. The molecular weight excluding hydrogens is 371 g/mol. The molecule has 0 aliphatic rings. The average Bonchev–Trinajstić information content (AvgIpc) is 2.69. The van der Waals surface area contributed by atoms with Gasteiger partial charge >= 0.3 is 0 Å². The lowest BCUT2D eigenvalue weighted by atomic mass is 10.1. The molecule has 7 heteroatoms. The fourth-order valence-corrected chi connectivity index (χ4v) is 2.74. The van der Waals surface area contributed by atoms with Crippen LogP contribution in [-0.4, -0.2) is 23.3 Å². The van der Waals surface area contributed by atoms with E-state index < -0.39 is 0 Å². The minimum absolute atomic E-state index is 0.182. The van der Waals surface area contributed by atoms with Gasteiger partial charge in [0.2, 0.25) is 5.91 Å². The van der Waals surface area contributed by atoms with Crippen molar-refractivity contribution in [3.05, 3.63) is 83.8 Å². The molecule has 3 aromatic rings. The Morgan fingerprint density at radius 3 is 2.41 bits per heavy atom. The van der Waals surface area contributed by atoms with Crippen LogP contribution in [0.5, 0.6) is 0 Å². The van der Waals surface area contributed by atoms with E-state index in [0.29, 0.717) is 35.7 Å². The molecule has 0 fully saturated rings. The maximum absolute atomic E-state index is 12.9. The Bertz CT molecular complexity index is 1010. The molecule has 0 aliphatic heterocycles. The van der Waals surface area contributed by atoms with Crippen molar-refractivity contribution >= 4 is 29.0 Å². The first kappa shape index (κ1) is 20.0. The van der Waals surface area contributed by atoms with Crippen molar-refractivity contribution in [1.29, 1.82) is 0 Å².